The van der Waals surface area contributed by atoms with E-state index in [0.29, 0.717) is 17.6 Å². The van der Waals surface area contributed by atoms with Crippen LogP contribution in [0.1, 0.15) is 37.2 Å². The van der Waals surface area contributed by atoms with Gasteiger partial charge in [-0.1, -0.05) is 13.0 Å². The van der Waals surface area contributed by atoms with Crippen molar-refractivity contribution in [3.05, 3.63) is 57.9 Å². The second-order valence-electron chi connectivity index (χ2n) is 6.29. The Morgan fingerprint density at radius 1 is 1.19 bits per heavy atom. The summed E-state index contributed by atoms with van der Waals surface area (Å²) in [4.78, 5) is 15.9. The Morgan fingerprint density at radius 2 is 1.89 bits per heavy atom. The van der Waals surface area contributed by atoms with Crippen molar-refractivity contribution in [1.82, 2.24) is 19.3 Å². The number of nitrogens with zero attached hydrogens (tertiary/aromatic N) is 4. The molecule has 3 rings (SSSR count). The molecule has 0 fully saturated rings. The predicted octanol–water partition coefficient (Wildman–Crippen LogP) is 2.81. The summed E-state index contributed by atoms with van der Waals surface area (Å²) < 4.78 is 41.2. The molecule has 3 aromatic rings. The van der Waals surface area contributed by atoms with Gasteiger partial charge in [-0.05, 0) is 25.5 Å². The van der Waals surface area contributed by atoms with Crippen molar-refractivity contribution < 1.29 is 18.3 Å². The Labute approximate surface area is 152 Å². The minimum Gasteiger partial charge on any atom is -0.379 e. The van der Waals surface area contributed by atoms with Gasteiger partial charge in [-0.25, -0.2) is 0 Å². The summed E-state index contributed by atoms with van der Waals surface area (Å²) in [5.74, 6) is 0. The summed E-state index contributed by atoms with van der Waals surface area (Å²) in [6, 6.07) is 3.71. The first-order valence-electron chi connectivity index (χ1n) is 8.46. The molecule has 1 N–H and O–H groups in total. The van der Waals surface area contributed by atoms with Crippen LogP contribution in [-0.4, -0.2) is 24.4 Å². The molecule has 27 heavy (non-hydrogen) atoms. The summed E-state index contributed by atoms with van der Waals surface area (Å²) >= 11 is 0. The predicted molar refractivity (Wildman–Crippen MR) is 93.2 cm³/mol. The van der Waals surface area contributed by atoms with Gasteiger partial charge < -0.3 is 9.67 Å². The molecule has 0 aliphatic heterocycles. The quantitative estimate of drug-likeness (QED) is 0.756. The van der Waals surface area contributed by atoms with E-state index in [0.717, 1.165) is 12.3 Å². The fraction of sp³-hybridized carbons (Fsp3) is 0.389. The number of aromatic nitrogens is 4. The maximum atomic E-state index is 12.8. The molecule has 3 aromatic heterocycles. The number of hydrogen-bond acceptors (Lipinski definition) is 4. The van der Waals surface area contributed by atoms with Crippen molar-refractivity contribution in [1.29, 1.82) is 0 Å². The molecule has 0 aliphatic rings. The molecule has 0 saturated heterocycles. The first kappa shape index (κ1) is 19.1. The molecule has 0 aliphatic carbocycles. The fourth-order valence-electron chi connectivity index (χ4n) is 3.28. The van der Waals surface area contributed by atoms with Crippen LogP contribution in [0.3, 0.4) is 0 Å². The SMILES string of the molecule is CCn1ccc2c(C(O)(CC)c3ccc(C(F)(F)F)nc3)n(C)nc2c1=O. The average molecular weight is 380 g/mol. The van der Waals surface area contributed by atoms with E-state index in [1.807, 2.05) is 6.92 Å². The molecular formula is C18H19F3N4O2. The maximum Gasteiger partial charge on any atom is 0.433 e. The largest absolute Gasteiger partial charge is 0.433 e. The van der Waals surface area contributed by atoms with E-state index in [1.165, 1.54) is 15.3 Å². The summed E-state index contributed by atoms with van der Waals surface area (Å²) in [7, 11) is 1.59. The molecule has 1 unspecified atom stereocenters. The number of pyridine rings is 2. The van der Waals surface area contributed by atoms with E-state index >= 15 is 0 Å². The first-order chi connectivity index (χ1) is 12.6. The van der Waals surface area contributed by atoms with Crippen LogP contribution in [0.4, 0.5) is 13.2 Å². The molecule has 144 valence electrons. The van der Waals surface area contributed by atoms with Crippen molar-refractivity contribution in [2.75, 3.05) is 0 Å². The minimum absolute atomic E-state index is 0.158. The molecule has 3 heterocycles. The lowest BCUT2D eigenvalue weighted by atomic mass is 9.87. The molecular weight excluding hydrogens is 361 g/mol. The molecule has 0 aromatic carbocycles. The summed E-state index contributed by atoms with van der Waals surface area (Å²) in [5, 5.41) is 16.0. The third-order valence-corrected chi connectivity index (χ3v) is 4.74. The lowest BCUT2D eigenvalue weighted by molar-refractivity contribution is -0.141. The van der Waals surface area contributed by atoms with Crippen LogP contribution in [-0.2, 0) is 25.4 Å². The molecule has 0 saturated carbocycles. The normalized spacial score (nSPS) is 14.5. The molecule has 0 spiro atoms. The van der Waals surface area contributed by atoms with Crippen LogP contribution in [0.15, 0.2) is 35.4 Å². The van der Waals surface area contributed by atoms with Gasteiger partial charge in [-0.15, -0.1) is 0 Å². The van der Waals surface area contributed by atoms with Crippen molar-refractivity contribution in [2.24, 2.45) is 7.05 Å². The number of rotatable bonds is 4. The van der Waals surface area contributed by atoms with E-state index in [9.17, 15) is 23.1 Å². The molecule has 6 nitrogen and oxygen atoms in total. The molecule has 9 heteroatoms. The minimum atomic E-state index is -4.56. The van der Waals surface area contributed by atoms with Gasteiger partial charge in [-0.3, -0.25) is 14.5 Å². The Bertz CT molecular complexity index is 1040. The number of halogens is 3. The third-order valence-electron chi connectivity index (χ3n) is 4.74. The zero-order valence-electron chi connectivity index (χ0n) is 15.1. The monoisotopic (exact) mass is 380 g/mol. The number of fused-ring (bicyclic) bond motifs is 1. The molecule has 0 radical (unpaired) electrons. The lowest BCUT2D eigenvalue weighted by Crippen LogP contribution is -2.30. The van der Waals surface area contributed by atoms with Gasteiger partial charge in [0.15, 0.2) is 5.52 Å². The zero-order valence-corrected chi connectivity index (χ0v) is 15.1. The van der Waals surface area contributed by atoms with E-state index in [4.69, 9.17) is 0 Å². The van der Waals surface area contributed by atoms with Crippen LogP contribution in [0, 0.1) is 0 Å². The highest BCUT2D eigenvalue weighted by Crippen LogP contribution is 2.37. The average Bonchev–Trinajstić information content (AvgIpc) is 2.98. The van der Waals surface area contributed by atoms with Crippen molar-refractivity contribution >= 4 is 10.9 Å². The summed E-state index contributed by atoms with van der Waals surface area (Å²) in [5.41, 5.74) is -2.25. The van der Waals surface area contributed by atoms with Crippen LogP contribution in [0.25, 0.3) is 10.9 Å². The van der Waals surface area contributed by atoms with Gasteiger partial charge in [0.1, 0.15) is 11.3 Å². The number of aryl methyl sites for hydroxylation is 2. The highest BCUT2D eigenvalue weighted by atomic mass is 19.4. The Balaban J connectivity index is 2.22. The Kier molecular flexibility index (Phi) is 4.59. The number of aliphatic hydroxyl groups is 1. The summed E-state index contributed by atoms with van der Waals surface area (Å²) in [6.45, 7) is 4.00. The standard InChI is InChI=1S/C18H19F3N4O2/c1-4-17(27,11-6-7-13(22-10-11)18(19,20)21)15-12-8-9-25(5-2)16(26)14(12)23-24(15)3/h6-10,27H,4-5H2,1-3H3. The topological polar surface area (TPSA) is 72.9 Å². The zero-order chi connectivity index (χ0) is 20.0. The van der Waals surface area contributed by atoms with Gasteiger partial charge >= 0.3 is 6.18 Å². The van der Waals surface area contributed by atoms with Gasteiger partial charge in [0.25, 0.3) is 5.56 Å². The van der Waals surface area contributed by atoms with E-state index in [2.05, 4.69) is 10.1 Å². The van der Waals surface area contributed by atoms with Crippen molar-refractivity contribution in [3.8, 4) is 0 Å². The van der Waals surface area contributed by atoms with Crippen LogP contribution >= 0.6 is 0 Å². The molecule has 1 atom stereocenters. The number of hydrogen-bond donors (Lipinski definition) is 1. The first-order valence-corrected chi connectivity index (χ1v) is 8.46. The van der Waals surface area contributed by atoms with E-state index in [1.54, 1.807) is 26.2 Å². The van der Waals surface area contributed by atoms with E-state index in [-0.39, 0.29) is 23.1 Å². The van der Waals surface area contributed by atoms with Gasteiger partial charge in [0, 0.05) is 36.9 Å². The molecule has 0 amide bonds. The highest BCUT2D eigenvalue weighted by Gasteiger charge is 2.37. The molecule has 0 bridgehead atoms. The highest BCUT2D eigenvalue weighted by molar-refractivity contribution is 5.82. The second-order valence-corrected chi connectivity index (χ2v) is 6.29. The van der Waals surface area contributed by atoms with Gasteiger partial charge in [0.2, 0.25) is 0 Å². The second kappa shape index (κ2) is 6.49. The van der Waals surface area contributed by atoms with Gasteiger partial charge in [-0.2, -0.15) is 18.3 Å². The smallest absolute Gasteiger partial charge is 0.379 e. The Hall–Kier alpha value is -2.68. The van der Waals surface area contributed by atoms with Crippen LogP contribution in [0.5, 0.6) is 0 Å². The maximum absolute atomic E-state index is 12.8. The van der Waals surface area contributed by atoms with E-state index < -0.39 is 17.5 Å². The summed E-state index contributed by atoms with van der Waals surface area (Å²) in [6.07, 6.45) is -1.78. The lowest BCUT2D eigenvalue weighted by Gasteiger charge is -2.28. The third kappa shape index (κ3) is 3.01. The van der Waals surface area contributed by atoms with Gasteiger partial charge in [0.05, 0.1) is 5.69 Å². The van der Waals surface area contributed by atoms with Crippen LogP contribution < -0.4 is 5.56 Å². The van der Waals surface area contributed by atoms with Crippen molar-refractivity contribution in [2.45, 2.75) is 38.6 Å². The van der Waals surface area contributed by atoms with Crippen LogP contribution in [0.2, 0.25) is 0 Å². The number of alkyl halides is 3. The Morgan fingerprint density at radius 3 is 2.41 bits per heavy atom. The fourth-order valence-corrected chi connectivity index (χ4v) is 3.28. The van der Waals surface area contributed by atoms with Crippen molar-refractivity contribution in [3.63, 3.8) is 0 Å².